The van der Waals surface area contributed by atoms with Gasteiger partial charge in [-0.3, -0.25) is 0 Å². The molecule has 0 bridgehead atoms. The summed E-state index contributed by atoms with van der Waals surface area (Å²) in [7, 11) is 0. The van der Waals surface area contributed by atoms with Crippen molar-refractivity contribution in [2.45, 2.75) is 0 Å². The number of aromatic nitrogens is 2. The molecule has 1 aromatic heterocycles. The van der Waals surface area contributed by atoms with Crippen molar-refractivity contribution in [2.24, 2.45) is 0 Å². The van der Waals surface area contributed by atoms with Crippen LogP contribution >= 0.6 is 15.9 Å². The first kappa shape index (κ1) is 17.2. The fourth-order valence-electron chi connectivity index (χ4n) is 2.66. The van der Waals surface area contributed by atoms with Crippen molar-refractivity contribution in [1.82, 2.24) is 9.97 Å². The highest BCUT2D eigenvalue weighted by Crippen LogP contribution is 2.25. The molecule has 0 aliphatic carbocycles. The Morgan fingerprint density at radius 3 is 2.67 bits per heavy atom. The maximum absolute atomic E-state index is 12.3. The minimum Gasteiger partial charge on any atom is -0.423 e. The Hall–Kier alpha value is -3.25. The van der Waals surface area contributed by atoms with Gasteiger partial charge >= 0.3 is 5.97 Å². The van der Waals surface area contributed by atoms with Crippen LogP contribution in [0.2, 0.25) is 0 Å². The first-order valence-corrected chi connectivity index (χ1v) is 9.03. The lowest BCUT2D eigenvalue weighted by molar-refractivity contribution is 0.0735. The number of halogens is 1. The van der Waals surface area contributed by atoms with E-state index in [0.717, 1.165) is 21.1 Å². The molecule has 0 saturated heterocycles. The molecule has 0 aliphatic heterocycles. The van der Waals surface area contributed by atoms with E-state index in [1.54, 1.807) is 30.3 Å². The topological polar surface area (TPSA) is 64.1 Å². The number of fused-ring (bicyclic) bond motifs is 1. The molecule has 3 aromatic carbocycles. The Balaban J connectivity index is 1.56. The summed E-state index contributed by atoms with van der Waals surface area (Å²) in [6.45, 7) is 0. The normalized spacial score (nSPS) is 10.6. The van der Waals surface area contributed by atoms with E-state index < -0.39 is 5.97 Å². The van der Waals surface area contributed by atoms with E-state index in [1.807, 2.05) is 42.5 Å². The Bertz CT molecular complexity index is 1130. The zero-order chi connectivity index (χ0) is 18.6. The van der Waals surface area contributed by atoms with E-state index in [1.165, 1.54) is 6.33 Å². The van der Waals surface area contributed by atoms with Gasteiger partial charge in [-0.2, -0.15) is 0 Å². The van der Waals surface area contributed by atoms with E-state index in [0.29, 0.717) is 17.1 Å². The Morgan fingerprint density at radius 2 is 1.78 bits per heavy atom. The number of nitrogens with zero attached hydrogens (tertiary/aromatic N) is 2. The van der Waals surface area contributed by atoms with Crippen LogP contribution in [0.1, 0.15) is 10.4 Å². The molecule has 4 rings (SSSR count). The molecule has 0 saturated carbocycles. The molecular weight excluding hydrogens is 406 g/mol. The molecule has 0 amide bonds. The van der Waals surface area contributed by atoms with E-state index in [9.17, 15) is 4.79 Å². The molecule has 0 unspecified atom stereocenters. The summed E-state index contributed by atoms with van der Waals surface area (Å²) in [4.78, 5) is 20.9. The minimum absolute atomic E-state index is 0.416. The van der Waals surface area contributed by atoms with Crippen molar-refractivity contribution in [1.29, 1.82) is 0 Å². The molecule has 1 N–H and O–H groups in total. The van der Waals surface area contributed by atoms with Crippen LogP contribution in [-0.4, -0.2) is 15.9 Å². The van der Waals surface area contributed by atoms with Gasteiger partial charge in [0.1, 0.15) is 17.9 Å². The van der Waals surface area contributed by atoms with Crippen molar-refractivity contribution in [3.63, 3.8) is 0 Å². The number of carbonyl (C=O) groups excluding carboxylic acids is 1. The van der Waals surface area contributed by atoms with Gasteiger partial charge in [-0.05, 0) is 42.5 Å². The van der Waals surface area contributed by atoms with Gasteiger partial charge in [0.15, 0.2) is 0 Å². The third-order valence-corrected chi connectivity index (χ3v) is 4.40. The smallest absolute Gasteiger partial charge is 0.343 e. The van der Waals surface area contributed by atoms with Crippen molar-refractivity contribution >= 4 is 44.3 Å². The van der Waals surface area contributed by atoms with Gasteiger partial charge < -0.3 is 10.1 Å². The molecule has 0 fully saturated rings. The predicted molar refractivity (Wildman–Crippen MR) is 108 cm³/mol. The fraction of sp³-hybridized carbons (Fsp3) is 0. The quantitative estimate of drug-likeness (QED) is 0.356. The number of esters is 1. The number of rotatable bonds is 4. The molecule has 0 radical (unpaired) electrons. The van der Waals surface area contributed by atoms with Gasteiger partial charge in [-0.15, -0.1) is 0 Å². The van der Waals surface area contributed by atoms with Gasteiger partial charge in [0.25, 0.3) is 0 Å². The summed E-state index contributed by atoms with van der Waals surface area (Å²) in [6.07, 6.45) is 1.52. The third kappa shape index (κ3) is 3.96. The molecule has 6 heteroatoms. The highest BCUT2D eigenvalue weighted by molar-refractivity contribution is 9.10. The summed E-state index contributed by atoms with van der Waals surface area (Å²) in [5, 5.41) is 4.17. The van der Waals surface area contributed by atoms with Crippen LogP contribution in [0.3, 0.4) is 0 Å². The van der Waals surface area contributed by atoms with E-state index in [4.69, 9.17) is 4.74 Å². The Kier molecular flexibility index (Phi) is 4.80. The number of nitrogens with one attached hydrogen (secondary N) is 1. The van der Waals surface area contributed by atoms with Crippen LogP contribution in [0.5, 0.6) is 5.75 Å². The van der Waals surface area contributed by atoms with Crippen molar-refractivity contribution in [3.05, 3.63) is 89.2 Å². The summed E-state index contributed by atoms with van der Waals surface area (Å²) in [5.74, 6) is 0.723. The van der Waals surface area contributed by atoms with Gasteiger partial charge in [0.05, 0.1) is 11.1 Å². The van der Waals surface area contributed by atoms with Crippen LogP contribution in [-0.2, 0) is 0 Å². The number of anilines is 2. The number of ether oxygens (including phenoxy) is 1. The molecule has 27 heavy (non-hydrogen) atoms. The lowest BCUT2D eigenvalue weighted by Gasteiger charge is -2.10. The van der Waals surface area contributed by atoms with Crippen LogP contribution in [0.25, 0.3) is 10.9 Å². The van der Waals surface area contributed by atoms with Crippen LogP contribution in [0, 0.1) is 0 Å². The highest BCUT2D eigenvalue weighted by atomic mass is 79.9. The first-order valence-electron chi connectivity index (χ1n) is 8.24. The zero-order valence-electron chi connectivity index (χ0n) is 14.1. The maximum atomic E-state index is 12.3. The van der Waals surface area contributed by atoms with Gasteiger partial charge in [0.2, 0.25) is 0 Å². The molecular formula is C21H14BrN3O2. The largest absolute Gasteiger partial charge is 0.423 e. The maximum Gasteiger partial charge on any atom is 0.343 e. The lowest BCUT2D eigenvalue weighted by Crippen LogP contribution is -2.08. The fourth-order valence-corrected chi connectivity index (χ4v) is 3.06. The van der Waals surface area contributed by atoms with Crippen LogP contribution < -0.4 is 10.1 Å². The molecule has 0 spiro atoms. The minimum atomic E-state index is -0.416. The molecule has 132 valence electrons. The van der Waals surface area contributed by atoms with Gasteiger partial charge in [-0.25, -0.2) is 14.8 Å². The van der Waals surface area contributed by atoms with E-state index in [2.05, 4.69) is 31.2 Å². The molecule has 1 heterocycles. The lowest BCUT2D eigenvalue weighted by atomic mass is 10.2. The first-order chi connectivity index (χ1) is 13.2. The zero-order valence-corrected chi connectivity index (χ0v) is 15.7. The number of benzene rings is 3. The second-order valence-corrected chi connectivity index (χ2v) is 6.71. The Labute approximate surface area is 164 Å². The Morgan fingerprint density at radius 1 is 0.926 bits per heavy atom. The van der Waals surface area contributed by atoms with Crippen LogP contribution in [0.15, 0.2) is 83.6 Å². The van der Waals surface area contributed by atoms with Crippen molar-refractivity contribution in [2.75, 3.05) is 5.32 Å². The summed E-state index contributed by atoms with van der Waals surface area (Å²) in [5.41, 5.74) is 2.09. The second-order valence-electron chi connectivity index (χ2n) is 5.79. The van der Waals surface area contributed by atoms with Gasteiger partial charge in [-0.1, -0.05) is 40.2 Å². The third-order valence-electron chi connectivity index (χ3n) is 3.91. The highest BCUT2D eigenvalue weighted by Gasteiger charge is 2.10. The predicted octanol–water partition coefficient (Wildman–Crippen LogP) is 5.36. The number of hydrogen-bond acceptors (Lipinski definition) is 5. The average Bonchev–Trinajstić information content (AvgIpc) is 2.69. The monoisotopic (exact) mass is 419 g/mol. The van der Waals surface area contributed by atoms with Crippen molar-refractivity contribution < 1.29 is 9.53 Å². The summed E-state index contributed by atoms with van der Waals surface area (Å²) < 4.78 is 6.31. The van der Waals surface area contributed by atoms with Crippen molar-refractivity contribution in [3.8, 4) is 5.75 Å². The van der Waals surface area contributed by atoms with E-state index in [-0.39, 0.29) is 0 Å². The van der Waals surface area contributed by atoms with Gasteiger partial charge in [0, 0.05) is 21.6 Å². The number of hydrogen-bond donors (Lipinski definition) is 1. The molecule has 4 aromatic rings. The molecule has 0 aliphatic rings. The summed E-state index contributed by atoms with van der Waals surface area (Å²) >= 11 is 3.35. The average molecular weight is 420 g/mol. The van der Waals surface area contributed by atoms with Crippen LogP contribution in [0.4, 0.5) is 11.5 Å². The number of carbonyl (C=O) groups is 1. The standard InChI is InChI=1S/C21H14BrN3O2/c22-15-6-3-5-14(11-15)21(26)27-17-8-4-7-16(12-17)25-20-18-9-1-2-10-19(18)23-13-24-20/h1-13H,(H,23,24,25). The second kappa shape index (κ2) is 7.55. The van der Waals surface area contributed by atoms with E-state index >= 15 is 0 Å². The molecule has 0 atom stereocenters. The SMILES string of the molecule is O=C(Oc1cccc(Nc2ncnc3ccccc23)c1)c1cccc(Br)c1. The molecule has 5 nitrogen and oxygen atoms in total. The number of para-hydroxylation sites is 1. The summed E-state index contributed by atoms with van der Waals surface area (Å²) in [6, 6.07) is 22.0.